The van der Waals surface area contributed by atoms with E-state index < -0.39 is 0 Å². The van der Waals surface area contributed by atoms with Crippen molar-refractivity contribution in [2.75, 3.05) is 0 Å². The van der Waals surface area contributed by atoms with Gasteiger partial charge in [-0.25, -0.2) is 4.98 Å². The molecule has 2 heterocycles. The minimum absolute atomic E-state index is 0.0458. The molecule has 0 N–H and O–H groups in total. The molecule has 0 radical (unpaired) electrons. The first-order valence-corrected chi connectivity index (χ1v) is 9.44. The van der Waals surface area contributed by atoms with E-state index in [2.05, 4.69) is 28.4 Å². The molecule has 2 aromatic carbocycles. The summed E-state index contributed by atoms with van der Waals surface area (Å²) in [5.74, 6) is 0.219. The zero-order valence-corrected chi connectivity index (χ0v) is 15.7. The first-order valence-electron chi connectivity index (χ1n) is 8.29. The van der Waals surface area contributed by atoms with E-state index in [-0.39, 0.29) is 11.5 Å². The number of aromatic nitrogens is 3. The van der Waals surface area contributed by atoms with Crippen LogP contribution >= 0.6 is 23.1 Å². The second kappa shape index (κ2) is 7.02. The van der Waals surface area contributed by atoms with Crippen LogP contribution in [0.5, 0.6) is 0 Å². The third-order valence-corrected chi connectivity index (χ3v) is 5.48. The van der Waals surface area contributed by atoms with Crippen molar-refractivity contribution >= 4 is 33.4 Å². The van der Waals surface area contributed by atoms with Crippen LogP contribution in [-0.4, -0.2) is 13.9 Å². The summed E-state index contributed by atoms with van der Waals surface area (Å²) in [5.41, 5.74) is 3.43. The average molecular weight is 382 g/mol. The standard InChI is InChI=1S/C20H16ClN3OS/c1-13(14-5-3-2-4-6-14)11-24-12-22-18-17(23-26-19(18)20(24)25)15-7-9-16(21)10-8-15/h2-10,12-13H,11H2,1H3. The zero-order valence-electron chi connectivity index (χ0n) is 14.1. The minimum Gasteiger partial charge on any atom is -0.297 e. The van der Waals surface area contributed by atoms with Crippen LogP contribution in [0.4, 0.5) is 0 Å². The van der Waals surface area contributed by atoms with Crippen LogP contribution in [0.15, 0.2) is 65.7 Å². The fourth-order valence-corrected chi connectivity index (χ4v) is 3.90. The molecule has 0 bridgehead atoms. The monoisotopic (exact) mass is 381 g/mol. The van der Waals surface area contributed by atoms with Crippen molar-refractivity contribution in [2.24, 2.45) is 0 Å². The SMILES string of the molecule is CC(Cn1cnc2c(-c3ccc(Cl)cc3)nsc2c1=O)c1ccccc1. The summed E-state index contributed by atoms with van der Waals surface area (Å²) in [5, 5.41) is 0.665. The van der Waals surface area contributed by atoms with Crippen molar-refractivity contribution < 1.29 is 0 Å². The molecule has 26 heavy (non-hydrogen) atoms. The topological polar surface area (TPSA) is 47.8 Å². The highest BCUT2D eigenvalue weighted by molar-refractivity contribution is 7.13. The predicted octanol–water partition coefficient (Wildman–Crippen LogP) is 4.98. The Kier molecular flexibility index (Phi) is 4.57. The molecule has 0 saturated heterocycles. The van der Waals surface area contributed by atoms with Gasteiger partial charge < -0.3 is 0 Å². The summed E-state index contributed by atoms with van der Waals surface area (Å²) in [7, 11) is 0. The lowest BCUT2D eigenvalue weighted by Crippen LogP contribution is -2.22. The van der Waals surface area contributed by atoms with Gasteiger partial charge in [-0.05, 0) is 35.1 Å². The maximum absolute atomic E-state index is 12.9. The maximum atomic E-state index is 12.9. The first kappa shape index (κ1) is 16.9. The minimum atomic E-state index is -0.0458. The largest absolute Gasteiger partial charge is 0.297 e. The van der Waals surface area contributed by atoms with Gasteiger partial charge in [0.05, 0.1) is 6.33 Å². The lowest BCUT2D eigenvalue weighted by Gasteiger charge is -2.13. The van der Waals surface area contributed by atoms with Crippen molar-refractivity contribution in [1.29, 1.82) is 0 Å². The average Bonchev–Trinajstić information content (AvgIpc) is 3.10. The molecular formula is C20H16ClN3OS. The van der Waals surface area contributed by atoms with Crippen molar-refractivity contribution in [3.63, 3.8) is 0 Å². The Morgan fingerprint density at radius 2 is 1.85 bits per heavy atom. The van der Waals surface area contributed by atoms with Crippen LogP contribution in [0.1, 0.15) is 18.4 Å². The molecule has 4 aromatic rings. The second-order valence-corrected chi connectivity index (χ2v) is 7.44. The molecule has 0 aliphatic carbocycles. The molecule has 0 amide bonds. The van der Waals surface area contributed by atoms with E-state index in [1.165, 1.54) is 17.1 Å². The molecule has 2 aromatic heterocycles. The molecule has 0 aliphatic rings. The third kappa shape index (κ3) is 3.16. The third-order valence-electron chi connectivity index (χ3n) is 4.41. The lowest BCUT2D eigenvalue weighted by atomic mass is 10.0. The first-order chi connectivity index (χ1) is 12.6. The molecule has 0 spiro atoms. The molecule has 4 nitrogen and oxygen atoms in total. The number of halogens is 1. The number of nitrogens with zero attached hydrogens (tertiary/aromatic N) is 3. The smallest absolute Gasteiger partial charge is 0.272 e. The summed E-state index contributed by atoms with van der Waals surface area (Å²) in [6.07, 6.45) is 1.62. The van der Waals surface area contributed by atoms with Gasteiger partial charge >= 0.3 is 0 Å². The number of hydrogen-bond donors (Lipinski definition) is 0. The van der Waals surface area contributed by atoms with Crippen molar-refractivity contribution in [2.45, 2.75) is 19.4 Å². The quantitative estimate of drug-likeness (QED) is 0.501. The second-order valence-electron chi connectivity index (χ2n) is 6.23. The van der Waals surface area contributed by atoms with E-state index in [4.69, 9.17) is 11.6 Å². The summed E-state index contributed by atoms with van der Waals surface area (Å²) < 4.78 is 6.71. The Bertz CT molecular complexity index is 1100. The number of hydrogen-bond acceptors (Lipinski definition) is 4. The Labute approximate surface area is 159 Å². The van der Waals surface area contributed by atoms with E-state index in [1.807, 2.05) is 42.5 Å². The summed E-state index contributed by atoms with van der Waals surface area (Å²) in [4.78, 5) is 17.4. The Balaban J connectivity index is 1.70. The van der Waals surface area contributed by atoms with Gasteiger partial charge in [0.1, 0.15) is 15.9 Å². The van der Waals surface area contributed by atoms with Gasteiger partial charge in [0.2, 0.25) is 0 Å². The molecule has 1 atom stereocenters. The van der Waals surface area contributed by atoms with Gasteiger partial charge in [0, 0.05) is 17.1 Å². The highest BCUT2D eigenvalue weighted by Crippen LogP contribution is 2.28. The molecule has 1 unspecified atom stereocenters. The molecule has 0 fully saturated rings. The fraction of sp³-hybridized carbons (Fsp3) is 0.150. The normalized spacial score (nSPS) is 12.4. The van der Waals surface area contributed by atoms with Crippen LogP contribution in [0.25, 0.3) is 21.5 Å². The van der Waals surface area contributed by atoms with Crippen LogP contribution in [0, 0.1) is 0 Å². The van der Waals surface area contributed by atoms with E-state index in [0.717, 1.165) is 11.3 Å². The van der Waals surface area contributed by atoms with Crippen molar-refractivity contribution in [3.05, 3.63) is 81.9 Å². The lowest BCUT2D eigenvalue weighted by molar-refractivity contribution is 0.577. The Morgan fingerprint density at radius 3 is 2.58 bits per heavy atom. The highest BCUT2D eigenvalue weighted by Gasteiger charge is 2.15. The molecule has 0 aliphatic heterocycles. The van der Waals surface area contributed by atoms with Gasteiger partial charge in [-0.1, -0.05) is 61.0 Å². The zero-order chi connectivity index (χ0) is 18.1. The molecule has 6 heteroatoms. The van der Waals surface area contributed by atoms with Crippen LogP contribution in [0.2, 0.25) is 5.02 Å². The van der Waals surface area contributed by atoms with Crippen molar-refractivity contribution in [3.8, 4) is 11.3 Å². The number of benzene rings is 2. The van der Waals surface area contributed by atoms with E-state index in [9.17, 15) is 4.79 Å². The molecule has 0 saturated carbocycles. The summed E-state index contributed by atoms with van der Waals surface area (Å²) >= 11 is 7.15. The molecular weight excluding hydrogens is 366 g/mol. The van der Waals surface area contributed by atoms with Crippen molar-refractivity contribution in [1.82, 2.24) is 13.9 Å². The van der Waals surface area contributed by atoms with E-state index in [0.29, 0.717) is 21.8 Å². The highest BCUT2D eigenvalue weighted by atomic mass is 35.5. The Morgan fingerprint density at radius 1 is 1.12 bits per heavy atom. The Hall–Kier alpha value is -2.50. The molecule has 4 rings (SSSR count). The number of fused-ring (bicyclic) bond motifs is 1. The summed E-state index contributed by atoms with van der Waals surface area (Å²) in [6.45, 7) is 2.69. The van der Waals surface area contributed by atoms with Crippen LogP contribution in [0.3, 0.4) is 0 Å². The van der Waals surface area contributed by atoms with Gasteiger partial charge in [-0.3, -0.25) is 9.36 Å². The number of rotatable bonds is 4. The van der Waals surface area contributed by atoms with Crippen LogP contribution in [-0.2, 0) is 6.54 Å². The van der Waals surface area contributed by atoms with Crippen LogP contribution < -0.4 is 5.56 Å². The fourth-order valence-electron chi connectivity index (χ4n) is 2.96. The predicted molar refractivity (Wildman–Crippen MR) is 107 cm³/mol. The van der Waals surface area contributed by atoms with Gasteiger partial charge in [0.15, 0.2) is 0 Å². The molecule has 130 valence electrons. The van der Waals surface area contributed by atoms with Gasteiger partial charge in [-0.15, -0.1) is 0 Å². The van der Waals surface area contributed by atoms with Gasteiger partial charge in [0.25, 0.3) is 5.56 Å². The summed E-state index contributed by atoms with van der Waals surface area (Å²) in [6, 6.07) is 17.6. The maximum Gasteiger partial charge on any atom is 0.272 e. The van der Waals surface area contributed by atoms with E-state index in [1.54, 1.807) is 10.9 Å². The van der Waals surface area contributed by atoms with E-state index >= 15 is 0 Å². The van der Waals surface area contributed by atoms with Gasteiger partial charge in [-0.2, -0.15) is 4.37 Å².